The van der Waals surface area contributed by atoms with Crippen LogP contribution in [0.4, 0.5) is 17.3 Å². The Morgan fingerprint density at radius 2 is 1.64 bits per heavy atom. The van der Waals surface area contributed by atoms with Crippen molar-refractivity contribution in [3.63, 3.8) is 0 Å². The van der Waals surface area contributed by atoms with E-state index in [0.717, 1.165) is 18.9 Å². The maximum atomic E-state index is 9.75. The van der Waals surface area contributed by atoms with E-state index in [0.29, 0.717) is 0 Å². The summed E-state index contributed by atoms with van der Waals surface area (Å²) in [5, 5.41) is 0. The summed E-state index contributed by atoms with van der Waals surface area (Å²) in [6.45, 7) is 0.910. The number of ether oxygens (including phenoxy) is 1. The zero-order valence-electron chi connectivity index (χ0n) is 8.27. The molecule has 1 aliphatic heterocycles. The third-order valence-corrected chi connectivity index (χ3v) is 1.55. The first-order valence-electron chi connectivity index (χ1n) is 4.34. The first-order chi connectivity index (χ1) is 6.30. The molecule has 0 aromatic heterocycles. The lowest BCUT2D eigenvalue weighted by Crippen LogP contribution is -2.21. The molecule has 0 aromatic rings. The molecule has 0 unspecified atom stereocenters. The minimum atomic E-state index is -6.00. The Morgan fingerprint density at radius 1 is 1.14 bits per heavy atom. The Balaban J connectivity index is 0.000000292. The highest BCUT2D eigenvalue weighted by molar-refractivity contribution is 6.50. The molecule has 1 saturated heterocycles. The SMILES string of the molecule is C[N+](C)=C1CCCCO1.F[B-](F)(F)F. The van der Waals surface area contributed by atoms with Crippen LogP contribution in [0.3, 0.4) is 0 Å². The molecule has 0 spiro atoms. The van der Waals surface area contributed by atoms with E-state index in [1.807, 2.05) is 14.1 Å². The van der Waals surface area contributed by atoms with Gasteiger partial charge in [0.05, 0.1) is 13.0 Å². The van der Waals surface area contributed by atoms with E-state index in [9.17, 15) is 17.3 Å². The van der Waals surface area contributed by atoms with E-state index in [1.165, 1.54) is 12.8 Å². The van der Waals surface area contributed by atoms with Crippen molar-refractivity contribution >= 4 is 13.2 Å². The molecule has 0 aromatic carbocycles. The quantitative estimate of drug-likeness (QED) is 0.342. The molecule has 84 valence electrons. The van der Waals surface area contributed by atoms with Crippen LogP contribution in [0.25, 0.3) is 0 Å². The molecule has 14 heavy (non-hydrogen) atoms. The van der Waals surface area contributed by atoms with Crippen LogP contribution in [0.2, 0.25) is 0 Å². The first-order valence-corrected chi connectivity index (χ1v) is 4.34. The highest BCUT2D eigenvalue weighted by atomic mass is 19.5. The highest BCUT2D eigenvalue weighted by Gasteiger charge is 2.20. The van der Waals surface area contributed by atoms with Crippen LogP contribution in [0.5, 0.6) is 0 Å². The summed E-state index contributed by atoms with van der Waals surface area (Å²) in [5.74, 6) is 1.14. The van der Waals surface area contributed by atoms with Crippen molar-refractivity contribution in [2.24, 2.45) is 0 Å². The van der Waals surface area contributed by atoms with E-state index >= 15 is 0 Å². The van der Waals surface area contributed by atoms with Crippen molar-refractivity contribution in [1.82, 2.24) is 0 Å². The predicted octanol–water partition coefficient (Wildman–Crippen LogP) is 2.16. The van der Waals surface area contributed by atoms with Gasteiger partial charge in [0.2, 0.25) is 0 Å². The second-order valence-electron chi connectivity index (χ2n) is 3.09. The van der Waals surface area contributed by atoms with Gasteiger partial charge in [-0.1, -0.05) is 0 Å². The third-order valence-electron chi connectivity index (χ3n) is 1.55. The van der Waals surface area contributed by atoms with E-state index in [4.69, 9.17) is 4.74 Å². The average Bonchev–Trinajstić information content (AvgIpc) is 2.03. The van der Waals surface area contributed by atoms with E-state index in [1.54, 1.807) is 0 Å². The van der Waals surface area contributed by atoms with Gasteiger partial charge < -0.3 is 22.0 Å². The van der Waals surface area contributed by atoms with Crippen molar-refractivity contribution in [2.45, 2.75) is 19.3 Å². The smallest absolute Gasteiger partial charge is 0.448 e. The van der Waals surface area contributed by atoms with Gasteiger partial charge >= 0.3 is 13.2 Å². The first kappa shape index (κ1) is 13.3. The summed E-state index contributed by atoms with van der Waals surface area (Å²) in [6.07, 6.45) is 3.62. The van der Waals surface area contributed by atoms with Crippen molar-refractivity contribution < 1.29 is 26.6 Å². The van der Waals surface area contributed by atoms with Crippen LogP contribution in [0.1, 0.15) is 19.3 Å². The summed E-state index contributed by atoms with van der Waals surface area (Å²) in [4.78, 5) is 0. The minimum absolute atomic E-state index is 0.910. The van der Waals surface area contributed by atoms with Gasteiger partial charge in [0, 0.05) is 0 Å². The monoisotopic (exact) mass is 215 g/mol. The van der Waals surface area contributed by atoms with Crippen LogP contribution in [0.15, 0.2) is 0 Å². The summed E-state index contributed by atoms with van der Waals surface area (Å²) < 4.78 is 46.4. The van der Waals surface area contributed by atoms with Crippen LogP contribution in [-0.2, 0) is 4.74 Å². The molecule has 0 bridgehead atoms. The molecule has 0 N–H and O–H groups in total. The highest BCUT2D eigenvalue weighted by Crippen LogP contribution is 2.06. The molecule has 0 aliphatic carbocycles. The van der Waals surface area contributed by atoms with Gasteiger partial charge in [0.15, 0.2) is 0 Å². The fraction of sp³-hybridized carbons (Fsp3) is 0.857. The van der Waals surface area contributed by atoms with Crippen molar-refractivity contribution in [1.29, 1.82) is 0 Å². The van der Waals surface area contributed by atoms with Gasteiger partial charge in [-0.3, -0.25) is 0 Å². The zero-order valence-corrected chi connectivity index (χ0v) is 8.27. The molecular weight excluding hydrogens is 201 g/mol. The number of rotatable bonds is 0. The molecule has 0 amide bonds. The molecule has 1 rings (SSSR count). The normalized spacial score (nSPS) is 16.6. The summed E-state index contributed by atoms with van der Waals surface area (Å²) >= 11 is 0. The molecule has 1 heterocycles. The van der Waals surface area contributed by atoms with Crippen molar-refractivity contribution in [3.8, 4) is 0 Å². The fourth-order valence-electron chi connectivity index (χ4n) is 0.993. The van der Waals surface area contributed by atoms with Crippen LogP contribution in [-0.4, -0.2) is 38.4 Å². The third kappa shape index (κ3) is 9.34. The second kappa shape index (κ2) is 5.88. The second-order valence-corrected chi connectivity index (χ2v) is 3.09. The minimum Gasteiger partial charge on any atom is -0.448 e. The Hall–Kier alpha value is -0.745. The Kier molecular flexibility index (Phi) is 5.56. The largest absolute Gasteiger partial charge is 0.673 e. The maximum Gasteiger partial charge on any atom is 0.673 e. The van der Waals surface area contributed by atoms with E-state index < -0.39 is 7.25 Å². The van der Waals surface area contributed by atoms with Gasteiger partial charge in [-0.05, 0) is 12.8 Å². The van der Waals surface area contributed by atoms with Crippen LogP contribution in [0, 0.1) is 0 Å². The Labute approximate surface area is 80.7 Å². The molecule has 1 aliphatic rings. The molecular formula is C7H14BF4NO. The number of nitrogens with zero attached hydrogens (tertiary/aromatic N) is 1. The van der Waals surface area contributed by atoms with Gasteiger partial charge in [-0.2, -0.15) is 0 Å². The predicted molar refractivity (Wildman–Crippen MR) is 47.1 cm³/mol. The standard InChI is InChI=1S/C7H14NO.BF4/c1-8(2)7-5-3-4-6-9-7;2-1(3,4)5/h3-6H2,1-2H3;/q+1;-1. The van der Waals surface area contributed by atoms with Crippen LogP contribution < -0.4 is 0 Å². The van der Waals surface area contributed by atoms with Gasteiger partial charge in [0.25, 0.3) is 0 Å². The lowest BCUT2D eigenvalue weighted by molar-refractivity contribution is -0.476. The zero-order chi connectivity index (χ0) is 11.2. The van der Waals surface area contributed by atoms with Crippen LogP contribution >= 0.6 is 0 Å². The van der Waals surface area contributed by atoms with E-state index in [2.05, 4.69) is 4.58 Å². The number of hydrogen-bond acceptors (Lipinski definition) is 1. The number of hydrogen-bond donors (Lipinski definition) is 0. The topological polar surface area (TPSA) is 12.2 Å². The summed E-state index contributed by atoms with van der Waals surface area (Å²) in [6, 6.07) is 0. The molecule has 2 nitrogen and oxygen atoms in total. The maximum absolute atomic E-state index is 9.75. The average molecular weight is 215 g/mol. The molecule has 0 atom stereocenters. The molecule has 7 heteroatoms. The van der Waals surface area contributed by atoms with Gasteiger partial charge in [-0.25, -0.2) is 4.58 Å². The number of halogens is 4. The molecule has 0 radical (unpaired) electrons. The lowest BCUT2D eigenvalue weighted by Gasteiger charge is -2.11. The summed E-state index contributed by atoms with van der Waals surface area (Å²) in [7, 11) is -1.94. The molecule has 0 saturated carbocycles. The van der Waals surface area contributed by atoms with Gasteiger partial charge in [0.1, 0.15) is 14.1 Å². The summed E-state index contributed by atoms with van der Waals surface area (Å²) in [5.41, 5.74) is 0. The van der Waals surface area contributed by atoms with Gasteiger partial charge in [-0.15, -0.1) is 0 Å². The Bertz CT molecular complexity index is 186. The molecule has 1 fully saturated rings. The van der Waals surface area contributed by atoms with Crippen molar-refractivity contribution in [3.05, 3.63) is 0 Å². The fourth-order valence-corrected chi connectivity index (χ4v) is 0.993. The van der Waals surface area contributed by atoms with E-state index in [-0.39, 0.29) is 0 Å². The Morgan fingerprint density at radius 3 is 1.86 bits per heavy atom. The lowest BCUT2D eigenvalue weighted by atomic mass is 10.2. The van der Waals surface area contributed by atoms with Crippen molar-refractivity contribution in [2.75, 3.05) is 20.7 Å².